The molecule has 0 atom stereocenters. The Morgan fingerprint density at radius 1 is 1.24 bits per heavy atom. The molecule has 1 heterocycles. The van der Waals surface area contributed by atoms with Crippen molar-refractivity contribution in [2.45, 2.75) is 6.92 Å². The van der Waals surface area contributed by atoms with Crippen molar-refractivity contribution in [2.24, 2.45) is 7.05 Å². The minimum absolute atomic E-state index is 0.0655. The Morgan fingerprint density at radius 2 is 2.00 bits per heavy atom. The summed E-state index contributed by atoms with van der Waals surface area (Å²) in [6.07, 6.45) is 0.743. The first kappa shape index (κ1) is 11.3. The van der Waals surface area contributed by atoms with Crippen molar-refractivity contribution < 1.29 is 9.59 Å². The normalized spacial score (nSPS) is 10.2. The standard InChI is InChI=1S/C14H13NO2/c1-10-4-3-5-11(8-10)14(17)13-7-6-12(9-16)15(13)2/h3-9H,1-2H3. The first-order valence-electron chi connectivity index (χ1n) is 5.35. The smallest absolute Gasteiger partial charge is 0.209 e. The van der Waals surface area contributed by atoms with E-state index in [0.717, 1.165) is 11.8 Å². The van der Waals surface area contributed by atoms with E-state index >= 15 is 0 Å². The number of rotatable bonds is 3. The molecule has 0 aliphatic carbocycles. The Bertz CT molecular complexity index is 582. The zero-order valence-corrected chi connectivity index (χ0v) is 9.81. The molecule has 1 aromatic carbocycles. The molecule has 2 aromatic rings. The molecule has 0 bridgehead atoms. The van der Waals surface area contributed by atoms with Gasteiger partial charge in [-0.1, -0.05) is 23.8 Å². The van der Waals surface area contributed by atoms with Gasteiger partial charge in [0.05, 0.1) is 11.4 Å². The van der Waals surface area contributed by atoms with E-state index < -0.39 is 0 Å². The summed E-state index contributed by atoms with van der Waals surface area (Å²) >= 11 is 0. The molecule has 0 aliphatic heterocycles. The van der Waals surface area contributed by atoms with Gasteiger partial charge in [-0.3, -0.25) is 9.59 Å². The second-order valence-corrected chi connectivity index (χ2v) is 4.02. The van der Waals surface area contributed by atoms with Gasteiger partial charge in [0.2, 0.25) is 5.78 Å². The minimum atomic E-state index is -0.0655. The lowest BCUT2D eigenvalue weighted by molar-refractivity contribution is 0.103. The average Bonchev–Trinajstić information content (AvgIpc) is 2.69. The topological polar surface area (TPSA) is 39.1 Å². The van der Waals surface area contributed by atoms with Crippen molar-refractivity contribution in [3.05, 3.63) is 58.9 Å². The number of nitrogens with zero attached hydrogens (tertiary/aromatic N) is 1. The van der Waals surface area contributed by atoms with Gasteiger partial charge < -0.3 is 4.57 Å². The SMILES string of the molecule is Cc1cccc(C(=O)c2ccc(C=O)n2C)c1. The highest BCUT2D eigenvalue weighted by molar-refractivity contribution is 6.08. The highest BCUT2D eigenvalue weighted by Gasteiger charge is 2.14. The molecule has 86 valence electrons. The van der Waals surface area contributed by atoms with Gasteiger partial charge >= 0.3 is 0 Å². The van der Waals surface area contributed by atoms with Crippen LogP contribution in [0.4, 0.5) is 0 Å². The molecule has 0 fully saturated rings. The van der Waals surface area contributed by atoms with E-state index in [9.17, 15) is 9.59 Å². The molecule has 3 heteroatoms. The van der Waals surface area contributed by atoms with E-state index in [4.69, 9.17) is 0 Å². The highest BCUT2D eigenvalue weighted by Crippen LogP contribution is 2.13. The number of aldehydes is 1. The number of benzene rings is 1. The van der Waals surface area contributed by atoms with Gasteiger partial charge in [-0.2, -0.15) is 0 Å². The number of carbonyl (C=O) groups excluding carboxylic acids is 2. The van der Waals surface area contributed by atoms with Crippen LogP contribution in [0.25, 0.3) is 0 Å². The van der Waals surface area contributed by atoms with Crippen LogP contribution in [-0.4, -0.2) is 16.6 Å². The van der Waals surface area contributed by atoms with Crippen LogP contribution >= 0.6 is 0 Å². The highest BCUT2D eigenvalue weighted by atomic mass is 16.1. The van der Waals surface area contributed by atoms with E-state index in [1.54, 1.807) is 29.8 Å². The predicted molar refractivity (Wildman–Crippen MR) is 65.4 cm³/mol. The maximum absolute atomic E-state index is 12.2. The largest absolute Gasteiger partial charge is 0.339 e. The third kappa shape index (κ3) is 2.04. The molecule has 0 saturated carbocycles. The molecule has 0 aliphatic rings. The summed E-state index contributed by atoms with van der Waals surface area (Å²) < 4.78 is 1.61. The predicted octanol–water partition coefficient (Wildman–Crippen LogP) is 2.38. The Balaban J connectivity index is 2.44. The van der Waals surface area contributed by atoms with Crippen molar-refractivity contribution >= 4 is 12.1 Å². The first-order chi connectivity index (χ1) is 8.13. The quantitative estimate of drug-likeness (QED) is 0.596. The van der Waals surface area contributed by atoms with E-state index in [1.807, 2.05) is 25.1 Å². The van der Waals surface area contributed by atoms with Crippen molar-refractivity contribution in [1.29, 1.82) is 0 Å². The van der Waals surface area contributed by atoms with E-state index in [2.05, 4.69) is 0 Å². The van der Waals surface area contributed by atoms with Gasteiger partial charge in [0.1, 0.15) is 0 Å². The van der Waals surface area contributed by atoms with Gasteiger partial charge in [0.15, 0.2) is 6.29 Å². The third-order valence-electron chi connectivity index (χ3n) is 2.79. The second-order valence-electron chi connectivity index (χ2n) is 4.02. The minimum Gasteiger partial charge on any atom is -0.339 e. The van der Waals surface area contributed by atoms with Crippen LogP contribution in [0.1, 0.15) is 32.1 Å². The summed E-state index contributed by atoms with van der Waals surface area (Å²) in [7, 11) is 1.72. The molecule has 1 aromatic heterocycles. The van der Waals surface area contributed by atoms with Gasteiger partial charge in [0.25, 0.3) is 0 Å². The number of hydrogen-bond acceptors (Lipinski definition) is 2. The Labute approximate surface area is 99.7 Å². The lowest BCUT2D eigenvalue weighted by Gasteiger charge is -2.04. The molecule has 0 amide bonds. The molecular weight excluding hydrogens is 214 g/mol. The molecule has 0 saturated heterocycles. The molecule has 0 radical (unpaired) electrons. The van der Waals surface area contributed by atoms with Crippen LogP contribution in [0.15, 0.2) is 36.4 Å². The summed E-state index contributed by atoms with van der Waals surface area (Å²) in [5.41, 5.74) is 2.71. The van der Waals surface area contributed by atoms with Gasteiger partial charge in [-0.25, -0.2) is 0 Å². The molecule has 2 rings (SSSR count). The summed E-state index contributed by atoms with van der Waals surface area (Å²) in [5.74, 6) is -0.0655. The van der Waals surface area contributed by atoms with Crippen LogP contribution in [-0.2, 0) is 7.05 Å². The van der Waals surface area contributed by atoms with Crippen molar-refractivity contribution in [1.82, 2.24) is 4.57 Å². The van der Waals surface area contributed by atoms with Crippen molar-refractivity contribution in [3.63, 3.8) is 0 Å². The molecule has 3 nitrogen and oxygen atoms in total. The Kier molecular flexibility index (Phi) is 2.91. The van der Waals surface area contributed by atoms with Gasteiger partial charge in [-0.15, -0.1) is 0 Å². The number of carbonyl (C=O) groups is 2. The lowest BCUT2D eigenvalue weighted by Crippen LogP contribution is -2.09. The number of ketones is 1. The average molecular weight is 227 g/mol. The van der Waals surface area contributed by atoms with Crippen LogP contribution in [0, 0.1) is 6.92 Å². The first-order valence-corrected chi connectivity index (χ1v) is 5.35. The number of aryl methyl sites for hydroxylation is 1. The van der Waals surface area contributed by atoms with Crippen molar-refractivity contribution in [2.75, 3.05) is 0 Å². The Morgan fingerprint density at radius 3 is 2.59 bits per heavy atom. The zero-order valence-electron chi connectivity index (χ0n) is 9.81. The van der Waals surface area contributed by atoms with Crippen LogP contribution in [0.2, 0.25) is 0 Å². The fraction of sp³-hybridized carbons (Fsp3) is 0.143. The van der Waals surface area contributed by atoms with Crippen LogP contribution in [0.5, 0.6) is 0 Å². The third-order valence-corrected chi connectivity index (χ3v) is 2.79. The second kappa shape index (κ2) is 4.37. The van der Waals surface area contributed by atoms with E-state index in [0.29, 0.717) is 17.0 Å². The zero-order chi connectivity index (χ0) is 12.4. The summed E-state index contributed by atoms with van der Waals surface area (Å²) in [4.78, 5) is 22.9. The van der Waals surface area contributed by atoms with Gasteiger partial charge in [0, 0.05) is 12.6 Å². The fourth-order valence-corrected chi connectivity index (χ4v) is 1.81. The number of aromatic nitrogens is 1. The van der Waals surface area contributed by atoms with Crippen molar-refractivity contribution in [3.8, 4) is 0 Å². The van der Waals surface area contributed by atoms with E-state index in [1.165, 1.54) is 0 Å². The van der Waals surface area contributed by atoms with Crippen LogP contribution in [0.3, 0.4) is 0 Å². The maximum Gasteiger partial charge on any atom is 0.209 e. The Hall–Kier alpha value is -2.16. The summed E-state index contributed by atoms with van der Waals surface area (Å²) in [6.45, 7) is 1.94. The van der Waals surface area contributed by atoms with Crippen LogP contribution < -0.4 is 0 Å². The number of hydrogen-bond donors (Lipinski definition) is 0. The summed E-state index contributed by atoms with van der Waals surface area (Å²) in [6, 6.07) is 10.7. The fourth-order valence-electron chi connectivity index (χ4n) is 1.81. The van der Waals surface area contributed by atoms with E-state index in [-0.39, 0.29) is 5.78 Å². The molecule has 0 N–H and O–H groups in total. The molecule has 0 spiro atoms. The molecular formula is C14H13NO2. The lowest BCUT2D eigenvalue weighted by atomic mass is 10.1. The van der Waals surface area contributed by atoms with Gasteiger partial charge in [-0.05, 0) is 25.1 Å². The molecule has 17 heavy (non-hydrogen) atoms. The molecule has 0 unspecified atom stereocenters. The summed E-state index contributed by atoms with van der Waals surface area (Å²) in [5, 5.41) is 0. The maximum atomic E-state index is 12.2. The monoisotopic (exact) mass is 227 g/mol.